The second-order valence-corrected chi connectivity index (χ2v) is 8.73. The molecule has 1 N–H and O–H groups in total. The number of nitrogens with one attached hydrogen (secondary N) is 1. The summed E-state index contributed by atoms with van der Waals surface area (Å²) in [7, 11) is 0. The van der Waals surface area contributed by atoms with E-state index >= 15 is 0 Å². The first-order chi connectivity index (χ1) is 13.3. The highest BCUT2D eigenvalue weighted by Gasteiger charge is 2.15. The van der Waals surface area contributed by atoms with Crippen molar-refractivity contribution in [2.75, 3.05) is 6.61 Å². The van der Waals surface area contributed by atoms with Crippen LogP contribution in [0.1, 0.15) is 44.9 Å². The van der Waals surface area contributed by atoms with E-state index in [1.165, 1.54) is 5.56 Å². The molecule has 3 rings (SSSR count). The molecular formula is C23H26BrNO3. The van der Waals surface area contributed by atoms with E-state index in [1.54, 1.807) is 0 Å². The van der Waals surface area contributed by atoms with Gasteiger partial charge in [-0.05, 0) is 57.6 Å². The minimum atomic E-state index is -0.00815. The van der Waals surface area contributed by atoms with Crippen LogP contribution >= 0.6 is 15.9 Å². The first-order valence-corrected chi connectivity index (χ1v) is 10.3. The fourth-order valence-corrected chi connectivity index (χ4v) is 3.39. The van der Waals surface area contributed by atoms with Crippen LogP contribution in [0.5, 0.6) is 5.75 Å². The van der Waals surface area contributed by atoms with Crippen molar-refractivity contribution >= 4 is 32.8 Å². The number of carbonyl (C=O) groups is 1. The van der Waals surface area contributed by atoms with Gasteiger partial charge in [-0.15, -0.1) is 0 Å². The maximum atomic E-state index is 12.0. The summed E-state index contributed by atoms with van der Waals surface area (Å²) in [5.41, 5.74) is 2.18. The first-order valence-electron chi connectivity index (χ1n) is 9.50. The Morgan fingerprint density at radius 2 is 1.93 bits per heavy atom. The van der Waals surface area contributed by atoms with Gasteiger partial charge in [0.2, 0.25) is 5.91 Å². The van der Waals surface area contributed by atoms with Gasteiger partial charge in [0.25, 0.3) is 0 Å². The van der Waals surface area contributed by atoms with E-state index in [0.29, 0.717) is 26.0 Å². The summed E-state index contributed by atoms with van der Waals surface area (Å²) >= 11 is 3.57. The van der Waals surface area contributed by atoms with Gasteiger partial charge in [0, 0.05) is 11.8 Å². The third-order valence-electron chi connectivity index (χ3n) is 4.54. The highest BCUT2D eigenvalue weighted by Crippen LogP contribution is 2.31. The highest BCUT2D eigenvalue weighted by atomic mass is 79.9. The van der Waals surface area contributed by atoms with Crippen molar-refractivity contribution in [2.24, 2.45) is 0 Å². The van der Waals surface area contributed by atoms with Crippen molar-refractivity contribution in [3.63, 3.8) is 0 Å². The molecule has 5 heteroatoms. The summed E-state index contributed by atoms with van der Waals surface area (Å²) in [6.45, 7) is 7.43. The molecule has 0 unspecified atom stereocenters. The lowest BCUT2D eigenvalue weighted by molar-refractivity contribution is -0.121. The molecule has 0 bridgehead atoms. The monoisotopic (exact) mass is 443 g/mol. The molecule has 0 aliphatic carbocycles. The lowest BCUT2D eigenvalue weighted by Crippen LogP contribution is -2.22. The van der Waals surface area contributed by atoms with Crippen LogP contribution in [0.3, 0.4) is 0 Å². The third-order valence-corrected chi connectivity index (χ3v) is 5.16. The molecule has 0 aliphatic heterocycles. The Kier molecular flexibility index (Phi) is 6.45. The Balaban J connectivity index is 1.40. The molecule has 28 heavy (non-hydrogen) atoms. The zero-order valence-corrected chi connectivity index (χ0v) is 18.1. The molecule has 1 heterocycles. The first kappa shape index (κ1) is 20.5. The number of hydrogen-bond donors (Lipinski definition) is 1. The number of ether oxygens (including phenoxy) is 1. The van der Waals surface area contributed by atoms with Gasteiger partial charge in [-0.2, -0.15) is 0 Å². The van der Waals surface area contributed by atoms with Gasteiger partial charge in [0.1, 0.15) is 17.1 Å². The Bertz CT molecular complexity index is 923. The summed E-state index contributed by atoms with van der Waals surface area (Å²) in [5, 5.41) is 3.94. The summed E-state index contributed by atoms with van der Waals surface area (Å²) in [4.78, 5) is 12.0. The largest absolute Gasteiger partial charge is 0.492 e. The summed E-state index contributed by atoms with van der Waals surface area (Å²) < 4.78 is 12.5. The van der Waals surface area contributed by atoms with Crippen molar-refractivity contribution in [3.8, 4) is 5.75 Å². The minimum absolute atomic E-state index is 0.00815. The Morgan fingerprint density at radius 3 is 2.64 bits per heavy atom. The van der Waals surface area contributed by atoms with E-state index in [9.17, 15) is 4.79 Å². The van der Waals surface area contributed by atoms with Crippen molar-refractivity contribution in [1.82, 2.24) is 5.32 Å². The van der Waals surface area contributed by atoms with Crippen LogP contribution in [0, 0.1) is 0 Å². The van der Waals surface area contributed by atoms with Gasteiger partial charge in [0.05, 0.1) is 17.6 Å². The molecule has 148 valence electrons. The third kappa shape index (κ3) is 5.38. The summed E-state index contributed by atoms with van der Waals surface area (Å²) in [6, 6.07) is 15.9. The van der Waals surface area contributed by atoms with E-state index in [0.717, 1.165) is 27.0 Å². The van der Waals surface area contributed by atoms with Crippen molar-refractivity contribution in [1.29, 1.82) is 0 Å². The zero-order valence-electron chi connectivity index (χ0n) is 16.5. The number of hydrogen-bond acceptors (Lipinski definition) is 3. The molecule has 0 saturated heterocycles. The number of fused-ring (bicyclic) bond motifs is 1. The Hall–Kier alpha value is -2.27. The van der Waals surface area contributed by atoms with Crippen LogP contribution in [-0.2, 0) is 16.8 Å². The number of para-hydroxylation sites is 1. The van der Waals surface area contributed by atoms with Gasteiger partial charge < -0.3 is 14.5 Å². The van der Waals surface area contributed by atoms with E-state index < -0.39 is 0 Å². The second kappa shape index (κ2) is 8.82. The lowest BCUT2D eigenvalue weighted by atomic mass is 9.87. The van der Waals surface area contributed by atoms with E-state index in [4.69, 9.17) is 9.15 Å². The SMILES string of the molecule is CC(C)(C)c1ccc(OCCCC(=O)NCc2cc3ccccc3o2)c(Br)c1. The average molecular weight is 444 g/mol. The van der Waals surface area contributed by atoms with Gasteiger partial charge >= 0.3 is 0 Å². The Labute approximate surface area is 174 Å². The molecule has 0 atom stereocenters. The van der Waals surface area contributed by atoms with E-state index in [2.05, 4.69) is 54.2 Å². The van der Waals surface area contributed by atoms with Gasteiger partial charge in [-0.25, -0.2) is 0 Å². The number of amides is 1. The standard InChI is InChI=1S/C23H26BrNO3/c1-23(2,3)17-10-11-21(19(24)14-17)27-12-6-9-22(26)25-15-18-13-16-7-4-5-8-20(16)28-18/h4-5,7-8,10-11,13-14H,6,9,12,15H2,1-3H3,(H,25,26). The van der Waals surface area contributed by atoms with E-state index in [1.807, 2.05) is 36.4 Å². The molecular weight excluding hydrogens is 418 g/mol. The zero-order chi connectivity index (χ0) is 20.1. The molecule has 0 saturated carbocycles. The quantitative estimate of drug-likeness (QED) is 0.457. The smallest absolute Gasteiger partial charge is 0.220 e. The highest BCUT2D eigenvalue weighted by molar-refractivity contribution is 9.10. The number of benzene rings is 2. The molecule has 4 nitrogen and oxygen atoms in total. The maximum absolute atomic E-state index is 12.0. The van der Waals surface area contributed by atoms with Crippen molar-refractivity contribution < 1.29 is 13.9 Å². The number of carbonyl (C=O) groups excluding carboxylic acids is 1. The van der Waals surface area contributed by atoms with Crippen molar-refractivity contribution in [3.05, 3.63) is 64.3 Å². The molecule has 0 radical (unpaired) electrons. The van der Waals surface area contributed by atoms with Crippen LogP contribution in [0.4, 0.5) is 0 Å². The predicted molar refractivity (Wildman–Crippen MR) is 116 cm³/mol. The van der Waals surface area contributed by atoms with E-state index in [-0.39, 0.29) is 11.3 Å². The summed E-state index contributed by atoms with van der Waals surface area (Å²) in [5.74, 6) is 1.55. The van der Waals surface area contributed by atoms with Gasteiger partial charge in [-0.1, -0.05) is 45.0 Å². The fourth-order valence-electron chi connectivity index (χ4n) is 2.90. The molecule has 3 aromatic rings. The molecule has 2 aromatic carbocycles. The average Bonchev–Trinajstić information content (AvgIpc) is 3.06. The Morgan fingerprint density at radius 1 is 1.14 bits per heavy atom. The predicted octanol–water partition coefficient (Wildman–Crippen LogP) is 5.97. The second-order valence-electron chi connectivity index (χ2n) is 7.87. The molecule has 0 spiro atoms. The number of furan rings is 1. The van der Waals surface area contributed by atoms with Crippen LogP contribution < -0.4 is 10.1 Å². The fraction of sp³-hybridized carbons (Fsp3) is 0.348. The topological polar surface area (TPSA) is 51.5 Å². The number of rotatable bonds is 7. The van der Waals surface area contributed by atoms with Gasteiger partial charge in [-0.3, -0.25) is 4.79 Å². The van der Waals surface area contributed by atoms with Crippen LogP contribution in [0.15, 0.2) is 57.4 Å². The molecule has 0 fully saturated rings. The van der Waals surface area contributed by atoms with Crippen LogP contribution in [0.25, 0.3) is 11.0 Å². The number of halogens is 1. The van der Waals surface area contributed by atoms with Gasteiger partial charge in [0.15, 0.2) is 0 Å². The molecule has 1 amide bonds. The maximum Gasteiger partial charge on any atom is 0.220 e. The molecule has 0 aliphatic rings. The lowest BCUT2D eigenvalue weighted by Gasteiger charge is -2.20. The normalized spacial score (nSPS) is 11.6. The molecule has 1 aromatic heterocycles. The van der Waals surface area contributed by atoms with Crippen LogP contribution in [0.2, 0.25) is 0 Å². The minimum Gasteiger partial charge on any atom is -0.492 e. The van der Waals surface area contributed by atoms with Crippen molar-refractivity contribution in [2.45, 2.75) is 45.6 Å². The summed E-state index contributed by atoms with van der Waals surface area (Å²) in [6.07, 6.45) is 1.07. The van der Waals surface area contributed by atoms with Crippen LogP contribution in [-0.4, -0.2) is 12.5 Å².